The first-order chi connectivity index (χ1) is 9.65. The summed E-state index contributed by atoms with van der Waals surface area (Å²) in [5, 5.41) is 3.59. The van der Waals surface area contributed by atoms with Crippen molar-refractivity contribution in [2.75, 3.05) is 6.54 Å². The maximum absolute atomic E-state index is 4.55. The lowest BCUT2D eigenvalue weighted by Crippen LogP contribution is -2.26. The maximum atomic E-state index is 4.55. The Morgan fingerprint density at radius 3 is 2.50 bits per heavy atom. The van der Waals surface area contributed by atoms with E-state index in [1.165, 1.54) is 5.56 Å². The predicted molar refractivity (Wildman–Crippen MR) is 89.9 cm³/mol. The summed E-state index contributed by atoms with van der Waals surface area (Å²) in [5.41, 5.74) is 1.21. The van der Waals surface area contributed by atoms with Crippen molar-refractivity contribution in [2.45, 2.75) is 32.9 Å². The van der Waals surface area contributed by atoms with Gasteiger partial charge in [0.2, 0.25) is 0 Å². The Morgan fingerprint density at radius 1 is 1.20 bits per heavy atom. The summed E-state index contributed by atoms with van der Waals surface area (Å²) in [5.74, 6) is 1.06. The number of aromatic nitrogens is 2. The zero-order valence-electron chi connectivity index (χ0n) is 11.7. The first kappa shape index (κ1) is 15.7. The van der Waals surface area contributed by atoms with Crippen LogP contribution in [0, 0.1) is 0 Å². The van der Waals surface area contributed by atoms with Gasteiger partial charge in [0.25, 0.3) is 0 Å². The highest BCUT2D eigenvalue weighted by Gasteiger charge is 2.18. The van der Waals surface area contributed by atoms with E-state index in [2.05, 4.69) is 72.7 Å². The highest BCUT2D eigenvalue weighted by molar-refractivity contribution is 9.11. The fourth-order valence-corrected chi connectivity index (χ4v) is 3.57. The summed E-state index contributed by atoms with van der Waals surface area (Å²) in [4.78, 5) is 4.55. The fraction of sp³-hybridized carbons (Fsp3) is 0.400. The molecule has 108 valence electrons. The summed E-state index contributed by atoms with van der Waals surface area (Å²) in [6.45, 7) is 6.20. The van der Waals surface area contributed by atoms with Crippen LogP contribution in [0.2, 0.25) is 0 Å². The van der Waals surface area contributed by atoms with E-state index in [0.29, 0.717) is 0 Å². The summed E-state index contributed by atoms with van der Waals surface area (Å²) in [6.07, 6.45) is 4.99. The number of nitrogens with zero attached hydrogens (tertiary/aromatic N) is 2. The molecule has 1 N–H and O–H groups in total. The van der Waals surface area contributed by atoms with Crippen molar-refractivity contribution in [3.05, 3.63) is 50.9 Å². The fourth-order valence-electron chi connectivity index (χ4n) is 2.24. The Morgan fingerprint density at radius 2 is 1.90 bits per heavy atom. The average molecular weight is 401 g/mol. The van der Waals surface area contributed by atoms with Crippen LogP contribution in [0.3, 0.4) is 0 Å². The highest BCUT2D eigenvalue weighted by Crippen LogP contribution is 2.27. The predicted octanol–water partition coefficient (Wildman–Crippen LogP) is 4.52. The second-order valence-electron chi connectivity index (χ2n) is 4.66. The zero-order valence-corrected chi connectivity index (χ0v) is 14.9. The van der Waals surface area contributed by atoms with Crippen molar-refractivity contribution in [3.8, 4) is 0 Å². The van der Waals surface area contributed by atoms with Crippen LogP contribution < -0.4 is 5.32 Å². The first-order valence-electron chi connectivity index (χ1n) is 6.86. The van der Waals surface area contributed by atoms with Gasteiger partial charge >= 0.3 is 0 Å². The molecule has 1 heterocycles. The topological polar surface area (TPSA) is 29.9 Å². The minimum atomic E-state index is 0.110. The van der Waals surface area contributed by atoms with Gasteiger partial charge in [0.15, 0.2) is 0 Å². The maximum Gasteiger partial charge on any atom is 0.130 e. The van der Waals surface area contributed by atoms with Gasteiger partial charge in [-0.15, -0.1) is 0 Å². The number of aryl methyl sites for hydroxylation is 1. The third kappa shape index (κ3) is 3.71. The second-order valence-corrected chi connectivity index (χ2v) is 6.49. The molecule has 2 rings (SSSR count). The molecule has 1 unspecified atom stereocenters. The van der Waals surface area contributed by atoms with E-state index in [9.17, 15) is 0 Å². The van der Waals surface area contributed by atoms with Crippen molar-refractivity contribution in [2.24, 2.45) is 0 Å². The molecule has 0 aliphatic heterocycles. The Bertz CT molecular complexity index is 546. The van der Waals surface area contributed by atoms with Crippen LogP contribution in [0.1, 0.15) is 37.7 Å². The van der Waals surface area contributed by atoms with Gasteiger partial charge in [-0.3, -0.25) is 0 Å². The number of halogens is 2. The average Bonchev–Trinajstić information content (AvgIpc) is 2.86. The molecular weight excluding hydrogens is 382 g/mol. The molecule has 0 aliphatic carbocycles. The number of hydrogen-bond acceptors (Lipinski definition) is 2. The lowest BCUT2D eigenvalue weighted by molar-refractivity contribution is 0.541. The zero-order chi connectivity index (χ0) is 14.5. The number of imidazole rings is 1. The van der Waals surface area contributed by atoms with E-state index in [1.807, 2.05) is 18.5 Å². The third-order valence-corrected chi connectivity index (χ3v) is 4.08. The quantitative estimate of drug-likeness (QED) is 0.772. The number of nitrogens with one attached hydrogen (secondary N) is 1. The van der Waals surface area contributed by atoms with Crippen LogP contribution in [-0.4, -0.2) is 16.1 Å². The number of benzene rings is 1. The van der Waals surface area contributed by atoms with Crippen LogP contribution in [0.25, 0.3) is 0 Å². The SMILES string of the molecule is CCCNC(c1cc(Br)cc(Br)c1)c1nccn1CC. The minimum absolute atomic E-state index is 0.110. The number of rotatable bonds is 6. The van der Waals surface area contributed by atoms with Crippen LogP contribution in [0.4, 0.5) is 0 Å². The molecule has 0 amide bonds. The molecule has 3 nitrogen and oxygen atoms in total. The van der Waals surface area contributed by atoms with Crippen molar-refractivity contribution >= 4 is 31.9 Å². The van der Waals surface area contributed by atoms with Gasteiger partial charge in [-0.05, 0) is 43.7 Å². The molecule has 0 fully saturated rings. The summed E-state index contributed by atoms with van der Waals surface area (Å²) < 4.78 is 4.32. The monoisotopic (exact) mass is 399 g/mol. The molecule has 0 saturated carbocycles. The Kier molecular flexibility index (Phi) is 5.81. The lowest BCUT2D eigenvalue weighted by Gasteiger charge is -2.20. The summed E-state index contributed by atoms with van der Waals surface area (Å²) in [6, 6.07) is 6.45. The van der Waals surface area contributed by atoms with E-state index < -0.39 is 0 Å². The van der Waals surface area contributed by atoms with E-state index >= 15 is 0 Å². The Labute approximate surface area is 137 Å². The van der Waals surface area contributed by atoms with E-state index in [-0.39, 0.29) is 6.04 Å². The van der Waals surface area contributed by atoms with Crippen LogP contribution >= 0.6 is 31.9 Å². The molecule has 0 bridgehead atoms. The van der Waals surface area contributed by atoms with Gasteiger partial charge < -0.3 is 9.88 Å². The number of hydrogen-bond donors (Lipinski definition) is 1. The molecule has 0 radical (unpaired) electrons. The van der Waals surface area contributed by atoms with Gasteiger partial charge in [-0.2, -0.15) is 0 Å². The van der Waals surface area contributed by atoms with Gasteiger partial charge in [0, 0.05) is 27.9 Å². The van der Waals surface area contributed by atoms with Crippen molar-refractivity contribution in [1.29, 1.82) is 0 Å². The molecule has 0 spiro atoms. The molecule has 2 aromatic rings. The summed E-state index contributed by atoms with van der Waals surface area (Å²) in [7, 11) is 0. The van der Waals surface area contributed by atoms with Crippen LogP contribution in [0.5, 0.6) is 0 Å². The Hall–Kier alpha value is -0.650. The van der Waals surface area contributed by atoms with Crippen molar-refractivity contribution in [3.63, 3.8) is 0 Å². The van der Waals surface area contributed by atoms with E-state index in [0.717, 1.165) is 34.3 Å². The largest absolute Gasteiger partial charge is 0.334 e. The van der Waals surface area contributed by atoms with Gasteiger partial charge in [-0.1, -0.05) is 38.8 Å². The second kappa shape index (κ2) is 7.38. The molecular formula is C15H19Br2N3. The first-order valence-corrected chi connectivity index (χ1v) is 8.44. The Balaban J connectivity index is 2.41. The molecule has 1 aromatic heterocycles. The minimum Gasteiger partial charge on any atom is -0.334 e. The molecule has 0 aliphatic rings. The standard InChI is InChI=1S/C15H19Br2N3/c1-3-5-18-14(15-19-6-7-20(15)4-2)11-8-12(16)10-13(17)9-11/h6-10,14,18H,3-5H2,1-2H3. The molecule has 0 saturated heterocycles. The van der Waals surface area contributed by atoms with Gasteiger partial charge in [0.05, 0.1) is 6.04 Å². The molecule has 1 atom stereocenters. The van der Waals surface area contributed by atoms with E-state index in [1.54, 1.807) is 0 Å². The molecule has 1 aromatic carbocycles. The molecule has 20 heavy (non-hydrogen) atoms. The van der Waals surface area contributed by atoms with Gasteiger partial charge in [-0.25, -0.2) is 4.98 Å². The smallest absolute Gasteiger partial charge is 0.130 e. The lowest BCUT2D eigenvalue weighted by atomic mass is 10.1. The molecule has 5 heteroatoms. The highest BCUT2D eigenvalue weighted by atomic mass is 79.9. The van der Waals surface area contributed by atoms with Crippen LogP contribution in [0.15, 0.2) is 39.5 Å². The van der Waals surface area contributed by atoms with Crippen LogP contribution in [-0.2, 0) is 6.54 Å². The van der Waals surface area contributed by atoms with Crippen molar-refractivity contribution < 1.29 is 0 Å². The van der Waals surface area contributed by atoms with Crippen molar-refractivity contribution in [1.82, 2.24) is 14.9 Å². The third-order valence-electron chi connectivity index (χ3n) is 3.16. The van der Waals surface area contributed by atoms with E-state index in [4.69, 9.17) is 0 Å². The normalized spacial score (nSPS) is 12.6. The summed E-state index contributed by atoms with van der Waals surface area (Å²) >= 11 is 7.13. The van der Waals surface area contributed by atoms with Gasteiger partial charge in [0.1, 0.15) is 5.82 Å².